The van der Waals surface area contributed by atoms with E-state index < -0.39 is 12.1 Å². The molecule has 0 unspecified atom stereocenters. The van der Waals surface area contributed by atoms with Crippen molar-refractivity contribution in [1.29, 1.82) is 0 Å². The first-order valence-electron chi connectivity index (χ1n) is 9.86. The van der Waals surface area contributed by atoms with Crippen molar-refractivity contribution in [2.75, 3.05) is 24.4 Å². The minimum atomic E-state index is -0.853. The zero-order valence-corrected chi connectivity index (χ0v) is 17.1. The highest BCUT2D eigenvalue weighted by atomic mass is 16.5. The lowest BCUT2D eigenvalue weighted by Crippen LogP contribution is -2.51. The fourth-order valence-electron chi connectivity index (χ4n) is 4.42. The van der Waals surface area contributed by atoms with Crippen molar-refractivity contribution in [3.63, 3.8) is 0 Å². The molecule has 2 aromatic heterocycles. The molecule has 0 radical (unpaired) electrons. The number of methoxy groups -OCH3 is 1. The zero-order chi connectivity index (χ0) is 21.4. The number of H-pyrrole nitrogens is 1. The van der Waals surface area contributed by atoms with Crippen LogP contribution in [0.2, 0.25) is 0 Å². The van der Waals surface area contributed by atoms with Gasteiger partial charge in [-0.3, -0.25) is 5.10 Å². The van der Waals surface area contributed by atoms with E-state index in [0.717, 1.165) is 18.5 Å². The first kappa shape index (κ1) is 19.9. The molecular weight excluding hydrogens is 390 g/mol. The maximum absolute atomic E-state index is 12.2. The molecule has 2 bridgehead atoms. The molecule has 2 fully saturated rings. The summed E-state index contributed by atoms with van der Waals surface area (Å²) in [6.45, 7) is 1.88. The molecule has 0 aromatic carbocycles. The molecule has 2 aliphatic rings. The first-order chi connectivity index (χ1) is 14.4. The third kappa shape index (κ3) is 3.74. The molecule has 4 rings (SSSR count). The summed E-state index contributed by atoms with van der Waals surface area (Å²) in [5, 5.41) is 19.5. The molecule has 30 heavy (non-hydrogen) atoms. The minimum absolute atomic E-state index is 0.00196. The van der Waals surface area contributed by atoms with Gasteiger partial charge in [0.05, 0.1) is 7.11 Å². The molecule has 2 saturated heterocycles. The number of carboxylic acid groups (broad SMARTS) is 1. The number of carbonyl (C=O) groups is 2. The van der Waals surface area contributed by atoms with Crippen molar-refractivity contribution in [2.24, 2.45) is 0 Å². The summed E-state index contributed by atoms with van der Waals surface area (Å²) in [7, 11) is 3.18. The number of amides is 1. The minimum Gasteiger partial charge on any atom is -0.465 e. The Kier molecular flexibility index (Phi) is 5.18. The molecule has 0 spiro atoms. The Balaban J connectivity index is 1.60. The highest BCUT2D eigenvalue weighted by molar-refractivity contribution is 5.88. The number of anilines is 3. The number of piperidine rings is 1. The van der Waals surface area contributed by atoms with Crippen molar-refractivity contribution in [1.82, 2.24) is 25.1 Å². The van der Waals surface area contributed by atoms with Crippen molar-refractivity contribution in [3.05, 3.63) is 23.5 Å². The molecule has 1 amide bonds. The van der Waals surface area contributed by atoms with Crippen molar-refractivity contribution in [2.45, 2.75) is 50.7 Å². The van der Waals surface area contributed by atoms with Crippen LogP contribution in [0.15, 0.2) is 12.1 Å². The van der Waals surface area contributed by atoms with E-state index in [9.17, 15) is 14.7 Å². The SMILES string of the molecule is COC(=O)c1cc(Nc2cc(C)[nH]n2)nc(N(C)[C@H]2C[C@H]3CC[C@@H](C2)N3C(=O)O)n1. The van der Waals surface area contributed by atoms with E-state index in [4.69, 9.17) is 4.74 Å². The summed E-state index contributed by atoms with van der Waals surface area (Å²) in [5.41, 5.74) is 1.02. The zero-order valence-electron chi connectivity index (χ0n) is 17.1. The molecule has 11 nitrogen and oxygen atoms in total. The Labute approximate surface area is 173 Å². The largest absolute Gasteiger partial charge is 0.465 e. The number of rotatable bonds is 5. The molecule has 0 aliphatic carbocycles. The van der Waals surface area contributed by atoms with Crippen molar-refractivity contribution >= 4 is 29.6 Å². The molecule has 160 valence electrons. The van der Waals surface area contributed by atoms with Gasteiger partial charge in [-0.2, -0.15) is 10.1 Å². The highest BCUT2D eigenvalue weighted by Gasteiger charge is 2.44. The van der Waals surface area contributed by atoms with Crippen LogP contribution in [-0.4, -0.2) is 74.5 Å². The van der Waals surface area contributed by atoms with Crippen LogP contribution in [0.3, 0.4) is 0 Å². The summed E-state index contributed by atoms with van der Waals surface area (Å²) in [6, 6.07) is 3.42. The van der Waals surface area contributed by atoms with E-state index >= 15 is 0 Å². The second kappa shape index (κ2) is 7.81. The van der Waals surface area contributed by atoms with Gasteiger partial charge in [-0.1, -0.05) is 0 Å². The Morgan fingerprint density at radius 2 is 1.93 bits per heavy atom. The van der Waals surface area contributed by atoms with Gasteiger partial charge in [0.15, 0.2) is 11.5 Å². The monoisotopic (exact) mass is 415 g/mol. The second-order valence-electron chi connectivity index (χ2n) is 7.80. The Bertz CT molecular complexity index is 948. The van der Waals surface area contributed by atoms with Gasteiger partial charge in [-0.25, -0.2) is 14.6 Å². The fraction of sp³-hybridized carbons (Fsp3) is 0.526. The number of aromatic amines is 1. The van der Waals surface area contributed by atoms with Crippen LogP contribution in [0.5, 0.6) is 0 Å². The number of nitrogens with zero attached hydrogens (tertiary/aromatic N) is 5. The molecule has 11 heteroatoms. The summed E-state index contributed by atoms with van der Waals surface area (Å²) in [6.07, 6.45) is 2.29. The van der Waals surface area contributed by atoms with E-state index in [2.05, 4.69) is 25.5 Å². The summed E-state index contributed by atoms with van der Waals surface area (Å²) in [4.78, 5) is 36.2. The van der Waals surface area contributed by atoms with Crippen LogP contribution in [0, 0.1) is 6.92 Å². The van der Waals surface area contributed by atoms with Crippen LogP contribution >= 0.6 is 0 Å². The van der Waals surface area contributed by atoms with Crippen LogP contribution in [0.25, 0.3) is 0 Å². The number of ether oxygens (including phenoxy) is 1. The molecule has 2 aromatic rings. The topological polar surface area (TPSA) is 137 Å². The van der Waals surface area contributed by atoms with Gasteiger partial charge in [0, 0.05) is 43.0 Å². The van der Waals surface area contributed by atoms with Crippen LogP contribution in [-0.2, 0) is 4.74 Å². The van der Waals surface area contributed by atoms with E-state index in [1.807, 2.05) is 24.9 Å². The standard InChI is InChI=1S/C19H25N7O4/c1-10-6-16(24-23-10)21-15-9-14(17(27)30-3)20-18(22-15)25(2)13-7-11-4-5-12(8-13)26(11)19(28)29/h6,9,11-13H,4-5,7-8H2,1-3H3,(H,28,29)(H2,20,21,22,23,24)/t11-,12+,13+. The molecular formula is C19H25N7O4. The van der Waals surface area contributed by atoms with Crippen LogP contribution in [0.1, 0.15) is 41.9 Å². The number of carbonyl (C=O) groups excluding carboxylic acids is 1. The van der Waals surface area contributed by atoms with E-state index in [0.29, 0.717) is 30.4 Å². The van der Waals surface area contributed by atoms with Crippen LogP contribution < -0.4 is 10.2 Å². The Morgan fingerprint density at radius 1 is 1.23 bits per heavy atom. The third-order valence-electron chi connectivity index (χ3n) is 5.86. The average molecular weight is 415 g/mol. The molecule has 3 N–H and O–H groups in total. The maximum atomic E-state index is 12.2. The van der Waals surface area contributed by atoms with Crippen molar-refractivity contribution in [3.8, 4) is 0 Å². The normalized spacial score (nSPS) is 22.6. The molecule has 3 atom stereocenters. The van der Waals surface area contributed by atoms with E-state index in [1.54, 1.807) is 4.90 Å². The average Bonchev–Trinajstić information content (AvgIpc) is 3.25. The lowest BCUT2D eigenvalue weighted by Gasteiger charge is -2.40. The number of fused-ring (bicyclic) bond motifs is 2. The van der Waals surface area contributed by atoms with Gasteiger partial charge in [0.2, 0.25) is 5.95 Å². The molecule has 0 saturated carbocycles. The lowest BCUT2D eigenvalue weighted by atomic mass is 9.97. The van der Waals surface area contributed by atoms with Crippen LogP contribution in [0.4, 0.5) is 22.4 Å². The number of nitrogens with one attached hydrogen (secondary N) is 2. The number of hydrogen-bond donors (Lipinski definition) is 3. The predicted octanol–water partition coefficient (Wildman–Crippen LogP) is 2.15. The third-order valence-corrected chi connectivity index (χ3v) is 5.86. The Morgan fingerprint density at radius 3 is 2.50 bits per heavy atom. The quantitative estimate of drug-likeness (QED) is 0.627. The van der Waals surface area contributed by atoms with Gasteiger partial charge in [0.25, 0.3) is 0 Å². The van der Waals surface area contributed by atoms with E-state index in [1.165, 1.54) is 13.2 Å². The second-order valence-corrected chi connectivity index (χ2v) is 7.80. The molecule has 2 aliphatic heterocycles. The Hall–Kier alpha value is -3.37. The molecule has 4 heterocycles. The highest BCUT2D eigenvalue weighted by Crippen LogP contribution is 2.38. The van der Waals surface area contributed by atoms with Crippen molar-refractivity contribution < 1.29 is 19.4 Å². The van der Waals surface area contributed by atoms with Gasteiger partial charge in [-0.05, 0) is 32.6 Å². The van der Waals surface area contributed by atoms with Gasteiger partial charge < -0.3 is 25.0 Å². The smallest absolute Gasteiger partial charge is 0.407 e. The van der Waals surface area contributed by atoms with Gasteiger partial charge in [0.1, 0.15) is 5.82 Å². The van der Waals surface area contributed by atoms with Gasteiger partial charge >= 0.3 is 12.1 Å². The summed E-state index contributed by atoms with van der Waals surface area (Å²) >= 11 is 0. The summed E-state index contributed by atoms with van der Waals surface area (Å²) in [5.74, 6) is 0.808. The number of esters is 1. The van der Waals surface area contributed by atoms with Gasteiger partial charge in [-0.15, -0.1) is 0 Å². The first-order valence-corrected chi connectivity index (χ1v) is 9.86. The van der Waals surface area contributed by atoms with E-state index in [-0.39, 0.29) is 23.8 Å². The number of aryl methyl sites for hydroxylation is 1. The number of aromatic nitrogens is 4. The fourth-order valence-corrected chi connectivity index (χ4v) is 4.42. The maximum Gasteiger partial charge on any atom is 0.407 e. The predicted molar refractivity (Wildman–Crippen MR) is 108 cm³/mol. The summed E-state index contributed by atoms with van der Waals surface area (Å²) < 4.78 is 4.84. The lowest BCUT2D eigenvalue weighted by molar-refractivity contribution is 0.0593. The number of hydrogen-bond acceptors (Lipinski definition) is 8.